The third-order valence-corrected chi connectivity index (χ3v) is 7.14. The molecule has 0 atom stereocenters. The molecule has 1 aromatic carbocycles. The molecule has 2 aromatic rings. The van der Waals surface area contributed by atoms with E-state index < -0.39 is 12.7 Å². The van der Waals surface area contributed by atoms with Crippen molar-refractivity contribution >= 4 is 16.6 Å². The smallest absolute Gasteiger partial charge is 0.406 e. The number of ether oxygens (including phenoxy) is 1. The van der Waals surface area contributed by atoms with Crippen LogP contribution in [0.1, 0.15) is 58.2 Å². The van der Waals surface area contributed by atoms with Crippen molar-refractivity contribution in [1.82, 2.24) is 14.8 Å². The summed E-state index contributed by atoms with van der Waals surface area (Å²) in [5.41, 5.74) is 3.47. The van der Waals surface area contributed by atoms with E-state index in [2.05, 4.69) is 61.8 Å². The van der Waals surface area contributed by atoms with Crippen LogP contribution in [-0.2, 0) is 11.3 Å². The number of benzene rings is 1. The van der Waals surface area contributed by atoms with E-state index >= 15 is 0 Å². The summed E-state index contributed by atoms with van der Waals surface area (Å²) < 4.78 is 47.2. The second kappa shape index (κ2) is 16.2. The van der Waals surface area contributed by atoms with Gasteiger partial charge in [0.15, 0.2) is 0 Å². The number of aryl methyl sites for hydroxylation is 1. The van der Waals surface area contributed by atoms with Gasteiger partial charge >= 0.3 is 6.18 Å². The van der Waals surface area contributed by atoms with E-state index in [1.54, 1.807) is 31.4 Å². The maximum Gasteiger partial charge on any atom is 0.406 e. The summed E-state index contributed by atoms with van der Waals surface area (Å²) in [4.78, 5) is 2.29. The van der Waals surface area contributed by atoms with Crippen molar-refractivity contribution in [3.05, 3.63) is 65.7 Å². The van der Waals surface area contributed by atoms with E-state index in [0.717, 1.165) is 54.2 Å². The second-order valence-corrected chi connectivity index (χ2v) is 10.8. The lowest BCUT2D eigenvalue weighted by molar-refractivity contribution is -0.140. The third-order valence-electron chi connectivity index (χ3n) is 7.14. The molecule has 0 unspecified atom stereocenters. The van der Waals surface area contributed by atoms with Gasteiger partial charge in [0.05, 0.1) is 30.6 Å². The zero-order valence-electron chi connectivity index (χ0n) is 25.7. The summed E-state index contributed by atoms with van der Waals surface area (Å²) in [5, 5.41) is 7.54. The molecule has 5 nitrogen and oxygen atoms in total. The van der Waals surface area contributed by atoms with Crippen LogP contribution in [0.15, 0.2) is 54.5 Å². The average molecular weight is 573 g/mol. The number of anilines is 1. The Morgan fingerprint density at radius 1 is 1.24 bits per heavy atom. The number of hydrogen-bond acceptors (Lipinski definition) is 4. The van der Waals surface area contributed by atoms with Crippen molar-refractivity contribution in [1.29, 1.82) is 0 Å². The number of likely N-dealkylation sites (tertiary alicyclic amines) is 1. The van der Waals surface area contributed by atoms with Gasteiger partial charge in [-0.25, -0.2) is 0 Å². The Balaban J connectivity index is 0.00000108. The molecule has 8 heteroatoms. The van der Waals surface area contributed by atoms with E-state index in [-0.39, 0.29) is 12.6 Å². The molecule has 41 heavy (non-hydrogen) atoms. The fraction of sp³-hybridized carbons (Fsp3) is 0.515. The first-order chi connectivity index (χ1) is 19.4. The van der Waals surface area contributed by atoms with Crippen LogP contribution < -0.4 is 10.6 Å². The molecule has 1 fully saturated rings. The van der Waals surface area contributed by atoms with E-state index in [1.807, 2.05) is 26.0 Å². The van der Waals surface area contributed by atoms with Crippen molar-refractivity contribution in [2.24, 2.45) is 5.92 Å². The Morgan fingerprint density at radius 2 is 1.90 bits per heavy atom. The normalized spacial score (nSPS) is 15.2. The Hall–Kier alpha value is -3.31. The minimum absolute atomic E-state index is 0.241. The number of allylic oxidation sites excluding steroid dienone is 3. The van der Waals surface area contributed by atoms with Gasteiger partial charge in [-0.05, 0) is 82.4 Å². The molecular weight excluding hydrogens is 525 g/mol. The third kappa shape index (κ3) is 10.6. The van der Waals surface area contributed by atoms with Crippen molar-refractivity contribution in [3.8, 4) is 11.8 Å². The maximum atomic E-state index is 13.5. The highest BCUT2D eigenvalue weighted by atomic mass is 19.4. The number of nitrogens with one attached hydrogen (secondary N) is 2. The van der Waals surface area contributed by atoms with Gasteiger partial charge in [0.25, 0.3) is 0 Å². The van der Waals surface area contributed by atoms with Gasteiger partial charge in [0, 0.05) is 17.1 Å². The molecule has 1 aliphatic heterocycles. The largest absolute Gasteiger partial charge is 0.495 e. The topological polar surface area (TPSA) is 41.5 Å². The molecule has 0 aliphatic carbocycles. The molecule has 226 valence electrons. The number of nitrogens with zero attached hydrogens (tertiary/aromatic N) is 2. The fourth-order valence-corrected chi connectivity index (χ4v) is 4.43. The van der Waals surface area contributed by atoms with Crippen LogP contribution in [0.4, 0.5) is 18.9 Å². The molecule has 1 aliphatic rings. The van der Waals surface area contributed by atoms with Crippen molar-refractivity contribution < 1.29 is 17.9 Å². The van der Waals surface area contributed by atoms with Gasteiger partial charge in [0.2, 0.25) is 0 Å². The van der Waals surface area contributed by atoms with Crippen LogP contribution in [0.3, 0.4) is 0 Å². The number of rotatable bonds is 9. The Morgan fingerprint density at radius 3 is 2.44 bits per heavy atom. The van der Waals surface area contributed by atoms with Crippen LogP contribution in [-0.4, -0.2) is 55.5 Å². The predicted molar refractivity (Wildman–Crippen MR) is 166 cm³/mol. The first-order valence-corrected chi connectivity index (χ1v) is 14.3. The van der Waals surface area contributed by atoms with Crippen LogP contribution in [0.2, 0.25) is 0 Å². The predicted octanol–water partition coefficient (Wildman–Crippen LogP) is 7.63. The molecule has 1 aromatic heterocycles. The van der Waals surface area contributed by atoms with Crippen LogP contribution >= 0.6 is 0 Å². The minimum atomic E-state index is -4.37. The molecule has 0 spiro atoms. The lowest BCUT2D eigenvalue weighted by Crippen LogP contribution is -2.36. The lowest BCUT2D eigenvalue weighted by atomic mass is 10.0. The van der Waals surface area contributed by atoms with Gasteiger partial charge in [-0.15, -0.1) is 0 Å². The highest BCUT2D eigenvalue weighted by Gasteiger charge is 2.30. The highest BCUT2D eigenvalue weighted by molar-refractivity contribution is 5.95. The molecule has 2 N–H and O–H groups in total. The van der Waals surface area contributed by atoms with Crippen LogP contribution in [0.25, 0.3) is 10.9 Å². The quantitative estimate of drug-likeness (QED) is 0.184. The fourth-order valence-electron chi connectivity index (χ4n) is 4.43. The molecule has 0 bridgehead atoms. The number of halogens is 3. The van der Waals surface area contributed by atoms with E-state index in [4.69, 9.17) is 4.74 Å². The molecule has 3 rings (SSSR count). The average Bonchev–Trinajstić information content (AvgIpc) is 3.26. The molecular formula is C33H47F3N4O. The zero-order valence-corrected chi connectivity index (χ0v) is 25.7. The van der Waals surface area contributed by atoms with Crippen molar-refractivity contribution in [2.75, 3.05) is 39.1 Å². The first kappa shape index (κ1) is 33.9. The molecule has 1 saturated heterocycles. The van der Waals surface area contributed by atoms with Gasteiger partial charge in [-0.1, -0.05) is 57.9 Å². The highest BCUT2D eigenvalue weighted by Crippen LogP contribution is 2.33. The number of methoxy groups -OCH3 is 1. The van der Waals surface area contributed by atoms with Gasteiger partial charge in [-0.2, -0.15) is 13.2 Å². The Labute approximate surface area is 244 Å². The first-order valence-electron chi connectivity index (χ1n) is 14.3. The monoisotopic (exact) mass is 572 g/mol. The SMILES string of the molecule is C=C/C=C(OC)\C(=C/C)NCC#Cc1cc2c(NC3CCN(C)CC3)c(C)ccc2n1CC(F)(F)F.CCC(C)C. The summed E-state index contributed by atoms with van der Waals surface area (Å²) in [7, 11) is 3.66. The van der Waals surface area contributed by atoms with Gasteiger partial charge in [0.1, 0.15) is 12.3 Å². The lowest BCUT2D eigenvalue weighted by Gasteiger charge is -2.30. The summed E-state index contributed by atoms with van der Waals surface area (Å²) >= 11 is 0. The summed E-state index contributed by atoms with van der Waals surface area (Å²) in [5.74, 6) is 7.41. The molecule has 0 amide bonds. The minimum Gasteiger partial charge on any atom is -0.495 e. The standard InChI is InChI=1S/C28H35F3N4O.C5H12/c1-6-9-26(36-5)24(7-2)32-15-8-10-22-18-23-25(35(22)19-28(29,30)31)12-11-20(3)27(23)33-21-13-16-34(4)17-14-21;1-4-5(2)3/h6-7,9,11-12,18,21,32-33H,1,13-17,19H2,2-5H3;5H,4H2,1-3H3/b24-7+,26-9+;. The summed E-state index contributed by atoms with van der Waals surface area (Å²) in [6.07, 6.45) is 4.09. The number of fused-ring (bicyclic) bond motifs is 1. The van der Waals surface area contributed by atoms with Crippen molar-refractivity contribution in [3.63, 3.8) is 0 Å². The molecule has 2 heterocycles. The molecule has 0 saturated carbocycles. The maximum absolute atomic E-state index is 13.5. The van der Waals surface area contributed by atoms with E-state index in [1.165, 1.54) is 11.0 Å². The molecule has 0 radical (unpaired) electrons. The number of hydrogen-bond donors (Lipinski definition) is 2. The zero-order chi connectivity index (χ0) is 30.6. The van der Waals surface area contributed by atoms with E-state index in [0.29, 0.717) is 17.0 Å². The number of aromatic nitrogens is 1. The number of alkyl halides is 3. The van der Waals surface area contributed by atoms with E-state index in [9.17, 15) is 13.2 Å². The van der Waals surface area contributed by atoms with Gasteiger partial charge in [-0.3, -0.25) is 0 Å². The summed E-state index contributed by atoms with van der Waals surface area (Å²) in [6.45, 7) is 15.3. The Kier molecular flexibility index (Phi) is 13.4. The Bertz CT molecular complexity index is 1250. The van der Waals surface area contributed by atoms with Gasteiger partial charge < -0.3 is 24.8 Å². The van der Waals surface area contributed by atoms with Crippen molar-refractivity contribution in [2.45, 2.75) is 72.6 Å². The number of piperidine rings is 1. The van der Waals surface area contributed by atoms with Crippen LogP contribution in [0, 0.1) is 24.7 Å². The van der Waals surface area contributed by atoms with Crippen LogP contribution in [0.5, 0.6) is 0 Å². The summed E-state index contributed by atoms with van der Waals surface area (Å²) in [6, 6.07) is 5.69. The second-order valence-electron chi connectivity index (χ2n) is 10.8.